The second-order valence-corrected chi connectivity index (χ2v) is 7.36. The van der Waals surface area contributed by atoms with E-state index >= 15 is 0 Å². The van der Waals surface area contributed by atoms with E-state index in [0.29, 0.717) is 12.0 Å². The molecule has 0 aromatic rings. The third kappa shape index (κ3) is 4.85. The topological polar surface area (TPSA) is 42.0 Å². The number of hydrogen-bond donors (Lipinski definition) is 0. The quantitative estimate of drug-likeness (QED) is 0.799. The van der Waals surface area contributed by atoms with Gasteiger partial charge in [0.25, 0.3) is 0 Å². The molecule has 0 aliphatic carbocycles. The molecule has 122 valence electrons. The van der Waals surface area contributed by atoms with Gasteiger partial charge >= 0.3 is 6.09 Å². The van der Waals surface area contributed by atoms with Crippen molar-refractivity contribution in [2.45, 2.75) is 51.7 Å². The first-order valence-corrected chi connectivity index (χ1v) is 8.10. The smallest absolute Gasteiger partial charge is 0.410 e. The number of rotatable bonds is 4. The highest BCUT2D eigenvalue weighted by atomic mass is 16.6. The Morgan fingerprint density at radius 2 is 1.95 bits per heavy atom. The van der Waals surface area contributed by atoms with Crippen LogP contribution in [0.1, 0.15) is 40.0 Å². The summed E-state index contributed by atoms with van der Waals surface area (Å²) in [5.74, 6) is 0.661. The Balaban J connectivity index is 1.83. The molecule has 1 atom stereocenters. The summed E-state index contributed by atoms with van der Waals surface area (Å²) in [6.45, 7) is 10.6. The van der Waals surface area contributed by atoms with E-state index in [9.17, 15) is 4.79 Å². The zero-order valence-corrected chi connectivity index (χ0v) is 13.9. The van der Waals surface area contributed by atoms with E-state index in [-0.39, 0.29) is 6.09 Å². The Morgan fingerprint density at radius 1 is 1.24 bits per heavy atom. The Morgan fingerprint density at radius 3 is 2.57 bits per heavy atom. The summed E-state index contributed by atoms with van der Waals surface area (Å²) in [5.41, 5.74) is -0.417. The van der Waals surface area contributed by atoms with Gasteiger partial charge in [-0.1, -0.05) is 0 Å². The Hall–Kier alpha value is -0.810. The lowest BCUT2D eigenvalue weighted by atomic mass is 9.97. The maximum absolute atomic E-state index is 12.3. The van der Waals surface area contributed by atoms with Crippen molar-refractivity contribution in [3.05, 3.63) is 0 Å². The molecular formula is C16H30N2O3. The van der Waals surface area contributed by atoms with Gasteiger partial charge in [0, 0.05) is 45.2 Å². The normalized spacial score (nSPS) is 24.8. The molecule has 2 aliphatic heterocycles. The van der Waals surface area contributed by atoms with Crippen molar-refractivity contribution in [3.63, 3.8) is 0 Å². The second kappa shape index (κ2) is 6.97. The molecule has 0 aromatic carbocycles. The van der Waals surface area contributed by atoms with Crippen molar-refractivity contribution >= 4 is 6.09 Å². The molecular weight excluding hydrogens is 268 g/mol. The predicted octanol–water partition coefficient (Wildman–Crippen LogP) is 2.35. The number of likely N-dealkylation sites (tertiary alicyclic amines) is 2. The minimum atomic E-state index is -0.417. The van der Waals surface area contributed by atoms with Gasteiger partial charge in [0.1, 0.15) is 5.60 Å². The first-order chi connectivity index (χ1) is 9.89. The summed E-state index contributed by atoms with van der Waals surface area (Å²) in [7, 11) is 1.76. The van der Waals surface area contributed by atoms with Crippen LogP contribution < -0.4 is 0 Å². The first-order valence-electron chi connectivity index (χ1n) is 8.10. The molecule has 21 heavy (non-hydrogen) atoms. The van der Waals surface area contributed by atoms with Crippen LogP contribution in [0.4, 0.5) is 4.79 Å². The molecule has 0 spiro atoms. The molecule has 0 saturated carbocycles. The van der Waals surface area contributed by atoms with Gasteiger partial charge in [-0.05, 0) is 40.0 Å². The van der Waals surface area contributed by atoms with Gasteiger partial charge < -0.3 is 19.3 Å². The van der Waals surface area contributed by atoms with E-state index < -0.39 is 5.60 Å². The highest BCUT2D eigenvalue weighted by Crippen LogP contribution is 2.24. The lowest BCUT2D eigenvalue weighted by Gasteiger charge is -2.44. The van der Waals surface area contributed by atoms with Crippen molar-refractivity contribution < 1.29 is 14.3 Å². The maximum Gasteiger partial charge on any atom is 0.410 e. The lowest BCUT2D eigenvalue weighted by molar-refractivity contribution is -0.0127. The van der Waals surface area contributed by atoms with Gasteiger partial charge in [-0.25, -0.2) is 4.79 Å². The van der Waals surface area contributed by atoms with E-state index in [4.69, 9.17) is 9.47 Å². The zero-order valence-electron chi connectivity index (χ0n) is 13.9. The van der Waals surface area contributed by atoms with Crippen molar-refractivity contribution in [2.75, 3.05) is 39.9 Å². The highest BCUT2D eigenvalue weighted by Gasteiger charge is 2.34. The van der Waals surface area contributed by atoms with E-state index in [2.05, 4.69) is 4.90 Å². The van der Waals surface area contributed by atoms with E-state index in [1.54, 1.807) is 7.11 Å². The summed E-state index contributed by atoms with van der Waals surface area (Å²) in [4.78, 5) is 16.7. The molecule has 2 aliphatic rings. The van der Waals surface area contributed by atoms with Crippen LogP contribution in [0.2, 0.25) is 0 Å². The minimum Gasteiger partial charge on any atom is -0.444 e. The SMILES string of the molecule is COCC1CN(CC2CCCCN2C(=O)OC(C)(C)C)C1. The number of methoxy groups -OCH3 is 1. The number of nitrogens with zero attached hydrogens (tertiary/aromatic N) is 2. The Labute approximate surface area is 128 Å². The Kier molecular flexibility index (Phi) is 5.49. The third-order valence-electron chi connectivity index (χ3n) is 4.16. The highest BCUT2D eigenvalue weighted by molar-refractivity contribution is 5.68. The molecule has 0 bridgehead atoms. The molecule has 0 N–H and O–H groups in total. The van der Waals surface area contributed by atoms with E-state index in [0.717, 1.165) is 45.6 Å². The number of ether oxygens (including phenoxy) is 2. The van der Waals surface area contributed by atoms with Gasteiger partial charge in [-0.15, -0.1) is 0 Å². The van der Waals surface area contributed by atoms with Crippen LogP contribution in [0.5, 0.6) is 0 Å². The molecule has 0 radical (unpaired) electrons. The van der Waals surface area contributed by atoms with Crippen LogP contribution in [0.25, 0.3) is 0 Å². The van der Waals surface area contributed by atoms with Crippen molar-refractivity contribution in [1.82, 2.24) is 9.80 Å². The standard InChI is InChI=1S/C16H30N2O3/c1-16(2,3)21-15(19)18-8-6-5-7-14(18)11-17-9-13(10-17)12-20-4/h13-14H,5-12H2,1-4H3. The summed E-state index contributed by atoms with van der Waals surface area (Å²) in [6, 6.07) is 0.303. The van der Waals surface area contributed by atoms with Crippen LogP contribution in [-0.2, 0) is 9.47 Å². The van der Waals surface area contributed by atoms with Gasteiger partial charge in [0.05, 0.1) is 6.61 Å². The molecule has 2 fully saturated rings. The molecule has 2 heterocycles. The summed E-state index contributed by atoms with van der Waals surface area (Å²) < 4.78 is 10.7. The van der Waals surface area contributed by atoms with Crippen LogP contribution >= 0.6 is 0 Å². The number of amides is 1. The predicted molar refractivity (Wildman–Crippen MR) is 82.4 cm³/mol. The number of carbonyl (C=O) groups is 1. The van der Waals surface area contributed by atoms with Gasteiger partial charge in [-0.3, -0.25) is 0 Å². The molecule has 2 saturated heterocycles. The molecule has 5 heteroatoms. The molecule has 0 aromatic heterocycles. The van der Waals surface area contributed by atoms with Crippen LogP contribution in [0.3, 0.4) is 0 Å². The summed E-state index contributed by atoms with van der Waals surface area (Å²) in [6.07, 6.45) is 3.23. The van der Waals surface area contributed by atoms with Crippen LogP contribution in [0.15, 0.2) is 0 Å². The zero-order chi connectivity index (χ0) is 15.5. The fraction of sp³-hybridized carbons (Fsp3) is 0.938. The average molecular weight is 298 g/mol. The van der Waals surface area contributed by atoms with Crippen molar-refractivity contribution in [3.8, 4) is 0 Å². The number of hydrogen-bond acceptors (Lipinski definition) is 4. The van der Waals surface area contributed by atoms with Crippen LogP contribution in [0, 0.1) is 5.92 Å². The molecule has 2 rings (SSSR count). The second-order valence-electron chi connectivity index (χ2n) is 7.36. The average Bonchev–Trinajstić information content (AvgIpc) is 2.35. The first kappa shape index (κ1) is 16.6. The Bertz CT molecular complexity index is 348. The maximum atomic E-state index is 12.3. The summed E-state index contributed by atoms with van der Waals surface area (Å²) >= 11 is 0. The van der Waals surface area contributed by atoms with Crippen molar-refractivity contribution in [2.24, 2.45) is 5.92 Å². The fourth-order valence-electron chi connectivity index (χ4n) is 3.22. The van der Waals surface area contributed by atoms with Gasteiger partial charge in [-0.2, -0.15) is 0 Å². The minimum absolute atomic E-state index is 0.152. The molecule has 1 unspecified atom stereocenters. The number of carbonyl (C=O) groups excluding carboxylic acids is 1. The monoisotopic (exact) mass is 298 g/mol. The van der Waals surface area contributed by atoms with Crippen molar-refractivity contribution in [1.29, 1.82) is 0 Å². The van der Waals surface area contributed by atoms with Crippen LogP contribution in [-0.4, -0.2) is 67.4 Å². The van der Waals surface area contributed by atoms with Gasteiger partial charge in [0.15, 0.2) is 0 Å². The third-order valence-corrected chi connectivity index (χ3v) is 4.16. The lowest BCUT2D eigenvalue weighted by Crippen LogP contribution is -2.56. The van der Waals surface area contributed by atoms with E-state index in [1.807, 2.05) is 25.7 Å². The van der Waals surface area contributed by atoms with E-state index in [1.165, 1.54) is 6.42 Å². The number of piperidine rings is 1. The largest absolute Gasteiger partial charge is 0.444 e. The summed E-state index contributed by atoms with van der Waals surface area (Å²) in [5, 5.41) is 0. The van der Waals surface area contributed by atoms with Gasteiger partial charge in [0.2, 0.25) is 0 Å². The molecule has 5 nitrogen and oxygen atoms in total. The fourth-order valence-corrected chi connectivity index (χ4v) is 3.22. The molecule has 1 amide bonds.